The van der Waals surface area contributed by atoms with Crippen molar-refractivity contribution in [1.29, 1.82) is 5.41 Å². The van der Waals surface area contributed by atoms with Gasteiger partial charge in [0.25, 0.3) is 0 Å². The average Bonchev–Trinajstić information content (AvgIpc) is 2.78. The first kappa shape index (κ1) is 22.6. The zero-order valence-electron chi connectivity index (χ0n) is 17.1. The number of carbonyl (C=O) groups is 1. The van der Waals surface area contributed by atoms with Crippen molar-refractivity contribution in [2.24, 2.45) is 0 Å². The van der Waals surface area contributed by atoms with Gasteiger partial charge in [0.1, 0.15) is 0 Å². The number of amidine groups is 1. The van der Waals surface area contributed by atoms with Crippen LogP contribution < -0.4 is 15.4 Å². The number of thioether (sulfide) groups is 1. The third kappa shape index (κ3) is 5.96. The minimum Gasteiger partial charge on any atom is -0.477 e. The lowest BCUT2D eigenvalue weighted by Crippen LogP contribution is -2.19. The largest absolute Gasteiger partial charge is 0.477 e. The second kappa shape index (κ2) is 10.8. The molecule has 0 atom stereocenters. The molecule has 9 heteroatoms. The summed E-state index contributed by atoms with van der Waals surface area (Å²) in [5.74, 6) is 0.947. The predicted molar refractivity (Wildman–Crippen MR) is 128 cm³/mol. The number of hydrogen-bond acceptors (Lipinski definition) is 7. The Kier molecular flexibility index (Phi) is 7.86. The third-order valence-electron chi connectivity index (χ3n) is 4.23. The van der Waals surface area contributed by atoms with Crippen molar-refractivity contribution in [1.82, 2.24) is 15.3 Å². The molecule has 0 unspecified atom stereocenters. The maximum Gasteiger partial charge on any atom is 0.226 e. The molecule has 0 radical (unpaired) electrons. The third-order valence-corrected chi connectivity index (χ3v) is 5.40. The normalized spacial score (nSPS) is 11.3. The van der Waals surface area contributed by atoms with Gasteiger partial charge in [-0.2, -0.15) is 4.98 Å². The fourth-order valence-electron chi connectivity index (χ4n) is 2.79. The monoisotopic (exact) mass is 455 g/mol. The lowest BCUT2D eigenvalue weighted by Gasteiger charge is -2.10. The maximum absolute atomic E-state index is 11.6. The van der Waals surface area contributed by atoms with E-state index in [1.807, 2.05) is 43.3 Å². The van der Waals surface area contributed by atoms with Gasteiger partial charge in [0.05, 0.1) is 22.4 Å². The van der Waals surface area contributed by atoms with Gasteiger partial charge < -0.3 is 15.4 Å². The van der Waals surface area contributed by atoms with Crippen LogP contribution in [0.15, 0.2) is 47.4 Å². The number of rotatable bonds is 8. The van der Waals surface area contributed by atoms with Crippen molar-refractivity contribution in [2.75, 3.05) is 19.0 Å². The summed E-state index contributed by atoms with van der Waals surface area (Å²) in [6, 6.07) is 13.0. The molecule has 7 nitrogen and oxygen atoms in total. The molecule has 0 aliphatic heterocycles. The van der Waals surface area contributed by atoms with Gasteiger partial charge in [0, 0.05) is 18.6 Å². The minimum atomic E-state index is 0.149. The van der Waals surface area contributed by atoms with E-state index in [0.29, 0.717) is 34.9 Å². The lowest BCUT2D eigenvalue weighted by atomic mass is 10.1. The SMILES string of the molecule is CCOc1nc(NC)nc2ccc(/C=C(/C=O)SC(=N)NCc3ccccc3Cl)cc12. The van der Waals surface area contributed by atoms with E-state index in [0.717, 1.165) is 40.1 Å². The highest BCUT2D eigenvalue weighted by molar-refractivity contribution is 8.17. The molecule has 1 aromatic heterocycles. The van der Waals surface area contributed by atoms with Crippen molar-refractivity contribution < 1.29 is 9.53 Å². The molecule has 0 amide bonds. The van der Waals surface area contributed by atoms with Crippen molar-refractivity contribution >= 4 is 57.7 Å². The highest BCUT2D eigenvalue weighted by atomic mass is 35.5. The lowest BCUT2D eigenvalue weighted by molar-refractivity contribution is -0.104. The molecule has 0 spiro atoms. The molecule has 160 valence electrons. The Morgan fingerprint density at radius 1 is 1.26 bits per heavy atom. The smallest absolute Gasteiger partial charge is 0.226 e. The summed E-state index contributed by atoms with van der Waals surface area (Å²) in [6.45, 7) is 2.76. The van der Waals surface area contributed by atoms with Crippen LogP contribution in [-0.4, -0.2) is 35.1 Å². The van der Waals surface area contributed by atoms with Crippen LogP contribution in [0.25, 0.3) is 17.0 Å². The van der Waals surface area contributed by atoms with Crippen molar-refractivity contribution in [3.8, 4) is 5.88 Å². The van der Waals surface area contributed by atoms with Crippen molar-refractivity contribution in [3.63, 3.8) is 0 Å². The number of aromatic nitrogens is 2. The summed E-state index contributed by atoms with van der Waals surface area (Å²) in [5, 5.41) is 15.6. The number of nitrogens with one attached hydrogen (secondary N) is 3. The Hall–Kier alpha value is -3.10. The minimum absolute atomic E-state index is 0.149. The van der Waals surface area contributed by atoms with E-state index >= 15 is 0 Å². The number of fused-ring (bicyclic) bond motifs is 1. The molecular formula is C22H22ClN5O2S. The van der Waals surface area contributed by atoms with E-state index in [2.05, 4.69) is 20.6 Å². The predicted octanol–water partition coefficient (Wildman–Crippen LogP) is 4.72. The summed E-state index contributed by atoms with van der Waals surface area (Å²) in [7, 11) is 1.75. The number of nitrogens with zero attached hydrogens (tertiary/aromatic N) is 2. The molecule has 1 heterocycles. The highest BCUT2D eigenvalue weighted by Crippen LogP contribution is 2.27. The number of ether oxygens (including phenoxy) is 1. The van der Waals surface area contributed by atoms with Crippen LogP contribution >= 0.6 is 23.4 Å². The number of halogens is 1. The second-order valence-corrected chi connectivity index (χ2v) is 7.84. The van der Waals surface area contributed by atoms with Crippen LogP contribution in [0.5, 0.6) is 5.88 Å². The molecule has 31 heavy (non-hydrogen) atoms. The molecule has 0 saturated heterocycles. The molecule has 0 fully saturated rings. The van der Waals surface area contributed by atoms with Gasteiger partial charge in [-0.15, -0.1) is 0 Å². The van der Waals surface area contributed by atoms with Crippen LogP contribution in [0.4, 0.5) is 5.95 Å². The zero-order chi connectivity index (χ0) is 22.2. The topological polar surface area (TPSA) is 100.0 Å². The molecule has 2 aromatic carbocycles. The first-order valence-corrected chi connectivity index (χ1v) is 10.8. The van der Waals surface area contributed by atoms with Crippen LogP contribution in [0.1, 0.15) is 18.1 Å². The second-order valence-electron chi connectivity index (χ2n) is 6.35. The quantitative estimate of drug-likeness (QED) is 0.195. The van der Waals surface area contributed by atoms with Gasteiger partial charge in [-0.3, -0.25) is 10.2 Å². The number of carbonyl (C=O) groups excluding carboxylic acids is 1. The van der Waals surface area contributed by atoms with Gasteiger partial charge in [0.15, 0.2) is 11.5 Å². The maximum atomic E-state index is 11.6. The Morgan fingerprint density at radius 3 is 2.77 bits per heavy atom. The van der Waals surface area contributed by atoms with Gasteiger partial charge in [0.2, 0.25) is 11.8 Å². The van der Waals surface area contributed by atoms with Crippen molar-refractivity contribution in [3.05, 3.63) is 63.5 Å². The first-order valence-electron chi connectivity index (χ1n) is 9.57. The summed E-state index contributed by atoms with van der Waals surface area (Å²) in [6.07, 6.45) is 2.44. The number of benzene rings is 2. The van der Waals surface area contributed by atoms with E-state index in [4.69, 9.17) is 21.7 Å². The number of allylic oxidation sites excluding steroid dienone is 1. The molecule has 0 bridgehead atoms. The van der Waals surface area contributed by atoms with E-state index in [9.17, 15) is 4.79 Å². The average molecular weight is 456 g/mol. The summed E-state index contributed by atoms with van der Waals surface area (Å²) in [5.41, 5.74) is 2.39. The molecule has 3 rings (SSSR count). The fraction of sp³-hybridized carbons (Fsp3) is 0.182. The van der Waals surface area contributed by atoms with Crippen LogP contribution in [0.3, 0.4) is 0 Å². The Balaban J connectivity index is 1.78. The Morgan fingerprint density at radius 2 is 2.06 bits per heavy atom. The van der Waals surface area contributed by atoms with Crippen LogP contribution in [0, 0.1) is 5.41 Å². The van der Waals surface area contributed by atoms with E-state index in [-0.39, 0.29) is 5.17 Å². The zero-order valence-corrected chi connectivity index (χ0v) is 18.7. The van der Waals surface area contributed by atoms with Crippen LogP contribution in [-0.2, 0) is 11.3 Å². The summed E-state index contributed by atoms with van der Waals surface area (Å²) >= 11 is 7.18. The number of hydrogen-bond donors (Lipinski definition) is 3. The molecule has 3 aromatic rings. The van der Waals surface area contributed by atoms with E-state index in [1.54, 1.807) is 19.2 Å². The molecule has 3 N–H and O–H groups in total. The van der Waals surface area contributed by atoms with E-state index < -0.39 is 0 Å². The Labute approximate surface area is 189 Å². The van der Waals surface area contributed by atoms with Crippen LogP contribution in [0.2, 0.25) is 5.02 Å². The summed E-state index contributed by atoms with van der Waals surface area (Å²) in [4.78, 5) is 20.8. The number of anilines is 1. The standard InChI is InChI=1S/C22H22ClN5O2S/c1-3-30-20-17-11-14(8-9-19(17)27-22(25-2)28-20)10-16(13-29)31-21(24)26-12-15-6-4-5-7-18(15)23/h4-11,13H,3,12H2,1-2H3,(H2,24,26)(H,25,27,28)/b16-10-. The van der Waals surface area contributed by atoms with Gasteiger partial charge in [-0.1, -0.05) is 35.9 Å². The molecule has 0 aliphatic rings. The summed E-state index contributed by atoms with van der Waals surface area (Å²) < 4.78 is 5.65. The van der Waals surface area contributed by atoms with Gasteiger partial charge in [-0.05, 0) is 54.1 Å². The molecule has 0 aliphatic carbocycles. The number of aldehydes is 1. The fourth-order valence-corrected chi connectivity index (χ4v) is 3.61. The van der Waals surface area contributed by atoms with Gasteiger partial charge >= 0.3 is 0 Å². The molecular weight excluding hydrogens is 434 g/mol. The highest BCUT2D eigenvalue weighted by Gasteiger charge is 2.10. The van der Waals surface area contributed by atoms with E-state index in [1.165, 1.54) is 0 Å². The van der Waals surface area contributed by atoms with Crippen molar-refractivity contribution in [2.45, 2.75) is 13.5 Å². The first-order chi connectivity index (χ1) is 15.0. The Bertz CT molecular complexity index is 1140. The van der Waals surface area contributed by atoms with Gasteiger partial charge in [-0.25, -0.2) is 4.98 Å². The molecule has 0 saturated carbocycles.